The largest absolute Gasteiger partial charge is 0.0654 e. The van der Waals surface area contributed by atoms with Gasteiger partial charge in [0, 0.05) is 0 Å². The van der Waals surface area contributed by atoms with E-state index in [0.717, 1.165) is 6.42 Å². The van der Waals surface area contributed by atoms with Crippen molar-refractivity contribution in [3.63, 3.8) is 0 Å². The topological polar surface area (TPSA) is 0 Å². The quantitative estimate of drug-likeness (QED) is 0.360. The molecule has 0 saturated heterocycles. The standard InChI is InChI=1S/C13H24S/c1-2-3-4-5-6-7-8-9-10-11-12-13-14/h12H,2-11H2,1H3. The first-order valence-corrected chi connectivity index (χ1v) is 6.52. The Labute approximate surface area is 94.8 Å². The lowest BCUT2D eigenvalue weighted by molar-refractivity contribution is 0.566. The molecule has 0 N–H and O–H groups in total. The summed E-state index contributed by atoms with van der Waals surface area (Å²) in [5.41, 5.74) is 0. The van der Waals surface area contributed by atoms with Crippen molar-refractivity contribution >= 4 is 17.2 Å². The van der Waals surface area contributed by atoms with Gasteiger partial charge in [-0.05, 0) is 31.1 Å². The Hall–Kier alpha value is -0.130. The summed E-state index contributed by atoms with van der Waals surface area (Å²) in [6.07, 6.45) is 15.6. The minimum absolute atomic E-state index is 1.12. The van der Waals surface area contributed by atoms with Gasteiger partial charge in [-0.15, -0.1) is 0 Å². The molecule has 0 unspecified atom stereocenters. The number of thiocarbonyl (C=S) groups is 1. The van der Waals surface area contributed by atoms with Gasteiger partial charge in [-0.2, -0.15) is 0 Å². The Kier molecular flexibility index (Phi) is 12.8. The average molecular weight is 212 g/mol. The molecule has 0 aromatic rings. The van der Waals surface area contributed by atoms with Gasteiger partial charge in [0.1, 0.15) is 0 Å². The average Bonchev–Trinajstić information content (AvgIpc) is 2.21. The molecule has 0 atom stereocenters. The lowest BCUT2D eigenvalue weighted by atomic mass is 10.1. The smallest absolute Gasteiger partial charge is 0.0266 e. The molecule has 0 nitrogen and oxygen atoms in total. The SMILES string of the molecule is CCCCCCCCCCCC=C=S. The molecule has 0 aliphatic heterocycles. The Morgan fingerprint density at radius 1 is 0.857 bits per heavy atom. The minimum Gasteiger partial charge on any atom is -0.0654 e. The molecule has 0 heterocycles. The highest BCUT2D eigenvalue weighted by Crippen LogP contribution is 2.10. The van der Waals surface area contributed by atoms with Gasteiger partial charge in [0.25, 0.3) is 0 Å². The van der Waals surface area contributed by atoms with Crippen LogP contribution in [0.1, 0.15) is 71.1 Å². The number of unbranched alkanes of at least 4 members (excludes halogenated alkanes) is 9. The number of hydrogen-bond acceptors (Lipinski definition) is 1. The number of allylic oxidation sites excluding steroid dienone is 1. The zero-order valence-corrected chi connectivity index (χ0v) is 10.4. The molecule has 0 radical (unpaired) electrons. The second-order valence-electron chi connectivity index (χ2n) is 3.94. The molecule has 0 rings (SSSR count). The van der Waals surface area contributed by atoms with Crippen LogP contribution in [-0.4, -0.2) is 5.02 Å². The molecule has 0 aromatic heterocycles. The van der Waals surface area contributed by atoms with Crippen LogP contribution in [-0.2, 0) is 0 Å². The van der Waals surface area contributed by atoms with Crippen LogP contribution in [0.25, 0.3) is 0 Å². The number of hydrogen-bond donors (Lipinski definition) is 0. The van der Waals surface area contributed by atoms with Crippen molar-refractivity contribution in [2.24, 2.45) is 0 Å². The Morgan fingerprint density at radius 3 is 1.86 bits per heavy atom. The zero-order valence-electron chi connectivity index (χ0n) is 9.56. The van der Waals surface area contributed by atoms with Gasteiger partial charge in [-0.1, -0.05) is 63.3 Å². The molecule has 0 bridgehead atoms. The fourth-order valence-corrected chi connectivity index (χ4v) is 1.73. The lowest BCUT2D eigenvalue weighted by Gasteiger charge is -2.00. The molecule has 0 fully saturated rings. The predicted molar refractivity (Wildman–Crippen MR) is 69.0 cm³/mol. The predicted octanol–water partition coefficient (Wildman–Crippen LogP) is 5.06. The Balaban J connectivity index is 2.88. The summed E-state index contributed by atoms with van der Waals surface area (Å²) in [5, 5.41) is 2.65. The van der Waals surface area contributed by atoms with Gasteiger partial charge in [0.15, 0.2) is 0 Å². The van der Waals surface area contributed by atoms with Crippen molar-refractivity contribution < 1.29 is 0 Å². The third kappa shape index (κ3) is 11.9. The van der Waals surface area contributed by atoms with Gasteiger partial charge in [-0.3, -0.25) is 0 Å². The summed E-state index contributed by atoms with van der Waals surface area (Å²) in [7, 11) is 0. The fraction of sp³-hybridized carbons (Fsp3) is 0.846. The van der Waals surface area contributed by atoms with Crippen LogP contribution in [0.3, 0.4) is 0 Å². The van der Waals surface area contributed by atoms with Crippen LogP contribution in [0.4, 0.5) is 0 Å². The first kappa shape index (κ1) is 13.9. The zero-order chi connectivity index (χ0) is 10.5. The third-order valence-electron chi connectivity index (χ3n) is 2.54. The Bertz CT molecular complexity index is 145. The molecule has 82 valence electrons. The van der Waals surface area contributed by atoms with Crippen LogP contribution >= 0.6 is 12.2 Å². The summed E-state index contributed by atoms with van der Waals surface area (Å²) >= 11 is 4.61. The van der Waals surface area contributed by atoms with E-state index in [-0.39, 0.29) is 0 Å². The van der Waals surface area contributed by atoms with Gasteiger partial charge in [-0.25, -0.2) is 0 Å². The van der Waals surface area contributed by atoms with E-state index in [2.05, 4.69) is 24.2 Å². The summed E-state index contributed by atoms with van der Waals surface area (Å²) in [4.78, 5) is 0. The molecule has 1 heteroatoms. The van der Waals surface area contributed by atoms with Crippen molar-refractivity contribution in [3.8, 4) is 0 Å². The van der Waals surface area contributed by atoms with E-state index in [0.29, 0.717) is 0 Å². The molecule has 0 amide bonds. The lowest BCUT2D eigenvalue weighted by Crippen LogP contribution is -1.80. The van der Waals surface area contributed by atoms with E-state index in [1.165, 1.54) is 57.8 Å². The van der Waals surface area contributed by atoms with Crippen molar-refractivity contribution in [2.75, 3.05) is 0 Å². The summed E-state index contributed by atoms with van der Waals surface area (Å²) < 4.78 is 0. The summed E-state index contributed by atoms with van der Waals surface area (Å²) in [6, 6.07) is 0. The molecule has 0 saturated carbocycles. The van der Waals surface area contributed by atoms with Gasteiger partial charge in [0.2, 0.25) is 0 Å². The van der Waals surface area contributed by atoms with Crippen molar-refractivity contribution in [1.29, 1.82) is 0 Å². The molecular weight excluding hydrogens is 188 g/mol. The minimum atomic E-state index is 1.12. The van der Waals surface area contributed by atoms with Crippen molar-refractivity contribution in [2.45, 2.75) is 71.1 Å². The second kappa shape index (κ2) is 12.9. The molecule has 14 heavy (non-hydrogen) atoms. The van der Waals surface area contributed by atoms with E-state index in [9.17, 15) is 0 Å². The van der Waals surface area contributed by atoms with Crippen LogP contribution in [0, 0.1) is 0 Å². The second-order valence-corrected chi connectivity index (χ2v) is 4.17. The van der Waals surface area contributed by atoms with Gasteiger partial charge < -0.3 is 0 Å². The van der Waals surface area contributed by atoms with Gasteiger partial charge in [0.05, 0.1) is 0 Å². The molecule has 0 aliphatic rings. The molecule has 0 aromatic carbocycles. The van der Waals surface area contributed by atoms with E-state index >= 15 is 0 Å². The maximum Gasteiger partial charge on any atom is -0.0266 e. The van der Waals surface area contributed by atoms with Crippen LogP contribution in [0.2, 0.25) is 0 Å². The van der Waals surface area contributed by atoms with E-state index < -0.39 is 0 Å². The number of rotatable bonds is 10. The Morgan fingerprint density at radius 2 is 1.36 bits per heavy atom. The first-order chi connectivity index (χ1) is 6.91. The summed E-state index contributed by atoms with van der Waals surface area (Å²) in [5.74, 6) is 0. The highest BCUT2D eigenvalue weighted by atomic mass is 32.1. The maximum atomic E-state index is 4.61. The van der Waals surface area contributed by atoms with Crippen molar-refractivity contribution in [3.05, 3.63) is 6.08 Å². The maximum absolute atomic E-state index is 4.61. The normalized spacial score (nSPS) is 9.79. The van der Waals surface area contributed by atoms with Gasteiger partial charge >= 0.3 is 0 Å². The monoisotopic (exact) mass is 212 g/mol. The highest BCUT2D eigenvalue weighted by molar-refractivity contribution is 7.78. The van der Waals surface area contributed by atoms with E-state index in [1.807, 2.05) is 6.08 Å². The molecular formula is C13H24S. The molecule has 0 aliphatic carbocycles. The van der Waals surface area contributed by atoms with Crippen LogP contribution < -0.4 is 0 Å². The first-order valence-electron chi connectivity index (χ1n) is 6.11. The highest BCUT2D eigenvalue weighted by Gasteiger charge is 1.90. The fourth-order valence-electron chi connectivity index (χ4n) is 1.62. The van der Waals surface area contributed by atoms with Crippen molar-refractivity contribution in [1.82, 2.24) is 0 Å². The van der Waals surface area contributed by atoms with Crippen LogP contribution in [0.5, 0.6) is 0 Å². The van der Waals surface area contributed by atoms with Crippen LogP contribution in [0.15, 0.2) is 6.08 Å². The van der Waals surface area contributed by atoms with E-state index in [1.54, 1.807) is 0 Å². The third-order valence-corrected chi connectivity index (χ3v) is 2.70. The summed E-state index contributed by atoms with van der Waals surface area (Å²) in [6.45, 7) is 2.27. The van der Waals surface area contributed by atoms with E-state index in [4.69, 9.17) is 0 Å². The molecule has 0 spiro atoms.